The largest absolute Gasteiger partial charge is 0.507 e. The molecule has 1 saturated heterocycles. The molecule has 1 aliphatic heterocycles. The van der Waals surface area contributed by atoms with E-state index in [-0.39, 0.29) is 16.7 Å². The molecule has 2 aromatic rings. The van der Waals surface area contributed by atoms with E-state index in [9.17, 15) is 14.7 Å². The Bertz CT molecular complexity index is 1160. The van der Waals surface area contributed by atoms with E-state index < -0.39 is 17.7 Å². The maximum absolute atomic E-state index is 13.3. The molecular weight excluding hydrogens is 452 g/mol. The summed E-state index contributed by atoms with van der Waals surface area (Å²) in [5.41, 5.74) is 3.30. The fraction of sp³-hybridized carbons (Fsp3) is 0.400. The van der Waals surface area contributed by atoms with Crippen molar-refractivity contribution >= 4 is 17.4 Å². The van der Waals surface area contributed by atoms with Crippen molar-refractivity contribution in [2.45, 2.75) is 45.6 Å². The number of nitrogens with zero attached hydrogens (tertiary/aromatic N) is 2. The van der Waals surface area contributed by atoms with Crippen molar-refractivity contribution in [3.05, 3.63) is 82.9 Å². The van der Waals surface area contributed by atoms with Crippen LogP contribution in [0.25, 0.3) is 5.76 Å². The normalized spacial score (nSPS) is 17.6. The fourth-order valence-corrected chi connectivity index (χ4v) is 4.47. The van der Waals surface area contributed by atoms with E-state index in [0.29, 0.717) is 30.9 Å². The van der Waals surface area contributed by atoms with E-state index in [0.717, 1.165) is 23.2 Å². The van der Waals surface area contributed by atoms with Crippen molar-refractivity contribution in [3.63, 3.8) is 0 Å². The van der Waals surface area contributed by atoms with Crippen molar-refractivity contribution in [2.24, 2.45) is 0 Å². The Morgan fingerprint density at radius 3 is 2.36 bits per heavy atom. The molecule has 0 aliphatic carbocycles. The Morgan fingerprint density at radius 2 is 1.81 bits per heavy atom. The number of aliphatic hydroxyl groups excluding tert-OH is 1. The van der Waals surface area contributed by atoms with E-state index in [2.05, 4.69) is 27.4 Å². The van der Waals surface area contributed by atoms with Crippen LogP contribution in [0.15, 0.2) is 60.7 Å². The van der Waals surface area contributed by atoms with Gasteiger partial charge in [0, 0.05) is 12.1 Å². The molecule has 0 bridgehead atoms. The van der Waals surface area contributed by atoms with Crippen LogP contribution < -0.4 is 4.74 Å². The SMILES string of the molecule is C=CCOc1ccc(/C(O)=C2/C(=O)C(=O)N(CCCN(C)C)C2c2ccc(C(C)(C)C)cc2)c(C)c1. The van der Waals surface area contributed by atoms with Gasteiger partial charge in [0.25, 0.3) is 11.7 Å². The minimum absolute atomic E-state index is 0.0292. The Kier molecular flexibility index (Phi) is 8.41. The first kappa shape index (κ1) is 27.2. The second kappa shape index (κ2) is 11.1. The monoisotopic (exact) mass is 490 g/mol. The van der Waals surface area contributed by atoms with Crippen LogP contribution in [-0.2, 0) is 15.0 Å². The number of carbonyl (C=O) groups excluding carboxylic acids is 2. The van der Waals surface area contributed by atoms with Crippen LogP contribution in [0.2, 0.25) is 0 Å². The third kappa shape index (κ3) is 5.88. The number of Topliss-reactive ketones (excluding diaryl/α,β-unsaturated/α-hetero) is 1. The number of ether oxygens (including phenoxy) is 1. The summed E-state index contributed by atoms with van der Waals surface area (Å²) in [5.74, 6) is -0.763. The van der Waals surface area contributed by atoms with Crippen molar-refractivity contribution in [1.29, 1.82) is 0 Å². The van der Waals surface area contributed by atoms with Gasteiger partial charge in [-0.05, 0) is 74.3 Å². The maximum Gasteiger partial charge on any atom is 0.295 e. The van der Waals surface area contributed by atoms with Gasteiger partial charge in [0.05, 0.1) is 11.6 Å². The molecule has 36 heavy (non-hydrogen) atoms. The van der Waals surface area contributed by atoms with Crippen molar-refractivity contribution in [1.82, 2.24) is 9.80 Å². The second-order valence-electron chi connectivity index (χ2n) is 10.6. The summed E-state index contributed by atoms with van der Waals surface area (Å²) in [6, 6.07) is 12.6. The first-order chi connectivity index (χ1) is 17.0. The standard InChI is InChI=1S/C30H38N2O4/c1-8-18-36-23-14-15-24(20(2)19-23)27(33)25-26(21-10-12-22(13-11-21)30(3,4)5)32(29(35)28(25)34)17-9-16-31(6)7/h8,10-15,19,26,33H,1,9,16-18H2,2-7H3/b27-25-. The Morgan fingerprint density at radius 1 is 1.14 bits per heavy atom. The Balaban J connectivity index is 2.10. The Labute approximate surface area is 214 Å². The molecule has 0 saturated carbocycles. The number of benzene rings is 2. The minimum atomic E-state index is -0.659. The van der Waals surface area contributed by atoms with Gasteiger partial charge in [-0.2, -0.15) is 0 Å². The second-order valence-corrected chi connectivity index (χ2v) is 10.6. The van der Waals surface area contributed by atoms with Crippen LogP contribution in [-0.4, -0.2) is 60.4 Å². The topological polar surface area (TPSA) is 70.1 Å². The molecule has 0 spiro atoms. The quantitative estimate of drug-likeness (QED) is 0.226. The maximum atomic E-state index is 13.3. The Hall–Kier alpha value is -3.38. The smallest absolute Gasteiger partial charge is 0.295 e. The van der Waals surface area contributed by atoms with Crippen LogP contribution in [0.5, 0.6) is 5.75 Å². The molecular formula is C30H38N2O4. The molecule has 6 heteroatoms. The number of amides is 1. The zero-order valence-corrected chi connectivity index (χ0v) is 22.3. The highest BCUT2D eigenvalue weighted by molar-refractivity contribution is 6.46. The van der Waals surface area contributed by atoms with E-state index in [1.165, 1.54) is 0 Å². The molecule has 1 atom stereocenters. The molecule has 0 aromatic heterocycles. The predicted molar refractivity (Wildman–Crippen MR) is 144 cm³/mol. The summed E-state index contributed by atoms with van der Waals surface area (Å²) >= 11 is 0. The van der Waals surface area contributed by atoms with Gasteiger partial charge in [0.1, 0.15) is 18.1 Å². The number of aryl methyl sites for hydroxylation is 1. The van der Waals surface area contributed by atoms with Gasteiger partial charge in [-0.1, -0.05) is 57.7 Å². The highest BCUT2D eigenvalue weighted by Gasteiger charge is 2.46. The zero-order chi connectivity index (χ0) is 26.6. The number of hydrogen-bond acceptors (Lipinski definition) is 5. The van der Waals surface area contributed by atoms with Crippen LogP contribution in [0.1, 0.15) is 55.5 Å². The van der Waals surface area contributed by atoms with Gasteiger partial charge in [0.2, 0.25) is 0 Å². The fourth-order valence-electron chi connectivity index (χ4n) is 4.47. The highest BCUT2D eigenvalue weighted by Crippen LogP contribution is 2.40. The lowest BCUT2D eigenvalue weighted by Crippen LogP contribution is -2.32. The molecule has 0 radical (unpaired) electrons. The highest BCUT2D eigenvalue weighted by atomic mass is 16.5. The summed E-state index contributed by atoms with van der Waals surface area (Å²) in [7, 11) is 3.95. The number of rotatable bonds is 9. The molecule has 1 unspecified atom stereocenters. The van der Waals surface area contributed by atoms with Crippen LogP contribution >= 0.6 is 0 Å². The summed E-state index contributed by atoms with van der Waals surface area (Å²) in [6.07, 6.45) is 2.37. The lowest BCUT2D eigenvalue weighted by atomic mass is 9.85. The van der Waals surface area contributed by atoms with Crippen molar-refractivity contribution in [2.75, 3.05) is 33.8 Å². The van der Waals surface area contributed by atoms with E-state index in [4.69, 9.17) is 4.74 Å². The van der Waals surface area contributed by atoms with Crippen LogP contribution in [0, 0.1) is 6.92 Å². The molecule has 6 nitrogen and oxygen atoms in total. The van der Waals surface area contributed by atoms with E-state index in [1.54, 1.807) is 29.2 Å². The van der Waals surface area contributed by atoms with Gasteiger partial charge < -0.3 is 19.6 Å². The third-order valence-electron chi connectivity index (χ3n) is 6.46. The van der Waals surface area contributed by atoms with Crippen molar-refractivity contribution < 1.29 is 19.4 Å². The van der Waals surface area contributed by atoms with Gasteiger partial charge >= 0.3 is 0 Å². The average molecular weight is 491 g/mol. The summed E-state index contributed by atoms with van der Waals surface area (Å²) in [6.45, 7) is 13.5. The third-order valence-corrected chi connectivity index (χ3v) is 6.46. The van der Waals surface area contributed by atoms with E-state index >= 15 is 0 Å². The number of likely N-dealkylation sites (tertiary alicyclic amines) is 1. The number of aliphatic hydroxyl groups is 1. The molecule has 1 amide bonds. The number of ketones is 1. The molecule has 1 N–H and O–H groups in total. The van der Waals surface area contributed by atoms with Gasteiger partial charge in [0.15, 0.2) is 0 Å². The van der Waals surface area contributed by atoms with Gasteiger partial charge in [-0.15, -0.1) is 0 Å². The lowest BCUT2D eigenvalue weighted by Gasteiger charge is -2.27. The molecule has 192 valence electrons. The molecule has 2 aromatic carbocycles. The molecule has 3 rings (SSSR count). The zero-order valence-electron chi connectivity index (χ0n) is 22.3. The molecule has 1 fully saturated rings. The number of hydrogen-bond donors (Lipinski definition) is 1. The predicted octanol–water partition coefficient (Wildman–Crippen LogP) is 5.23. The van der Waals surface area contributed by atoms with Gasteiger partial charge in [-0.25, -0.2) is 0 Å². The van der Waals surface area contributed by atoms with Crippen LogP contribution in [0.3, 0.4) is 0 Å². The van der Waals surface area contributed by atoms with Crippen LogP contribution in [0.4, 0.5) is 0 Å². The molecule has 1 aliphatic rings. The number of carbonyl (C=O) groups is 2. The average Bonchev–Trinajstić information content (AvgIpc) is 3.06. The summed E-state index contributed by atoms with van der Waals surface area (Å²) in [5, 5.41) is 11.4. The first-order valence-corrected chi connectivity index (χ1v) is 12.3. The lowest BCUT2D eigenvalue weighted by molar-refractivity contribution is -0.139. The minimum Gasteiger partial charge on any atom is -0.507 e. The van der Waals surface area contributed by atoms with Gasteiger partial charge in [-0.3, -0.25) is 9.59 Å². The summed E-state index contributed by atoms with van der Waals surface area (Å²) < 4.78 is 5.60. The molecule has 1 heterocycles. The summed E-state index contributed by atoms with van der Waals surface area (Å²) in [4.78, 5) is 30.1. The first-order valence-electron chi connectivity index (χ1n) is 12.3. The van der Waals surface area contributed by atoms with Crippen molar-refractivity contribution in [3.8, 4) is 5.75 Å². The van der Waals surface area contributed by atoms with E-state index in [1.807, 2.05) is 50.2 Å².